The van der Waals surface area contributed by atoms with Crippen molar-refractivity contribution in [1.29, 1.82) is 0 Å². The van der Waals surface area contributed by atoms with Gasteiger partial charge in [0.15, 0.2) is 0 Å². The van der Waals surface area contributed by atoms with Gasteiger partial charge in [-0.3, -0.25) is 0 Å². The van der Waals surface area contributed by atoms with Crippen LogP contribution in [0.5, 0.6) is 0 Å². The molecule has 1 N–H and O–H groups in total. The lowest BCUT2D eigenvalue weighted by molar-refractivity contribution is 0.167. The van der Waals surface area contributed by atoms with Gasteiger partial charge in [-0.2, -0.15) is 0 Å². The van der Waals surface area contributed by atoms with E-state index in [0.29, 0.717) is 0 Å². The van der Waals surface area contributed by atoms with E-state index in [1.54, 1.807) is 11.3 Å². The van der Waals surface area contributed by atoms with Gasteiger partial charge in [-0.05, 0) is 31.9 Å². The first-order valence-corrected chi connectivity index (χ1v) is 9.71. The van der Waals surface area contributed by atoms with Crippen LogP contribution in [0, 0.1) is 13.8 Å². The van der Waals surface area contributed by atoms with Crippen LogP contribution in [0.15, 0.2) is 6.07 Å². The Morgan fingerprint density at radius 3 is 1.90 bits per heavy atom. The molecule has 0 bridgehead atoms. The Labute approximate surface area is 135 Å². The summed E-state index contributed by atoms with van der Waals surface area (Å²) >= 11 is 1.75. The summed E-state index contributed by atoms with van der Waals surface area (Å²) in [4.78, 5) is 2.49. The van der Waals surface area contributed by atoms with Gasteiger partial charge in [0, 0.05) is 9.75 Å². The molecule has 0 saturated heterocycles. The first-order chi connectivity index (χ1) is 10.1. The van der Waals surface area contributed by atoms with Crippen molar-refractivity contribution in [2.24, 2.45) is 0 Å². The number of hydrogen-bond donors (Lipinski definition) is 1. The maximum Gasteiger partial charge on any atom is 0.0882 e. The van der Waals surface area contributed by atoms with E-state index in [0.717, 1.165) is 17.7 Å². The molecule has 21 heavy (non-hydrogen) atoms. The number of aliphatic hydroxyl groups excluding tert-OH is 1. The molecule has 1 rings (SSSR count). The van der Waals surface area contributed by atoms with E-state index >= 15 is 0 Å². The van der Waals surface area contributed by atoms with Crippen molar-refractivity contribution in [1.82, 2.24) is 0 Å². The molecule has 1 atom stereocenters. The predicted octanol–water partition coefficient (Wildman–Crippen LogP) is 6.71. The minimum Gasteiger partial charge on any atom is -0.388 e. The number of thiophene rings is 1. The molecule has 1 aromatic heterocycles. The number of aliphatic hydroxyl groups is 1. The Morgan fingerprint density at radius 1 is 0.905 bits per heavy atom. The SMILES string of the molecule is CCCCCCCCCCCCC(O)c1cc(C)c(C)s1. The molecule has 0 amide bonds. The summed E-state index contributed by atoms with van der Waals surface area (Å²) in [5, 5.41) is 10.2. The van der Waals surface area contributed by atoms with Crippen molar-refractivity contribution in [2.75, 3.05) is 0 Å². The zero-order valence-corrected chi connectivity index (χ0v) is 15.1. The lowest BCUT2D eigenvalue weighted by atomic mass is 10.0. The Kier molecular flexibility index (Phi) is 10.0. The number of aryl methyl sites for hydroxylation is 2. The Balaban J connectivity index is 1.96. The normalized spacial score (nSPS) is 12.8. The van der Waals surface area contributed by atoms with Gasteiger partial charge in [-0.1, -0.05) is 71.1 Å². The van der Waals surface area contributed by atoms with Crippen molar-refractivity contribution in [3.63, 3.8) is 0 Å². The topological polar surface area (TPSA) is 20.2 Å². The minimum absolute atomic E-state index is 0.239. The summed E-state index contributed by atoms with van der Waals surface area (Å²) in [6.07, 6.45) is 14.2. The highest BCUT2D eigenvalue weighted by Gasteiger charge is 2.11. The summed E-state index contributed by atoms with van der Waals surface area (Å²) in [5.74, 6) is 0. The predicted molar refractivity (Wildman–Crippen MR) is 95.2 cm³/mol. The van der Waals surface area contributed by atoms with Crippen LogP contribution >= 0.6 is 11.3 Å². The van der Waals surface area contributed by atoms with Crippen LogP contribution in [0.4, 0.5) is 0 Å². The van der Waals surface area contributed by atoms with Gasteiger partial charge in [0.25, 0.3) is 0 Å². The van der Waals surface area contributed by atoms with E-state index in [-0.39, 0.29) is 6.10 Å². The van der Waals surface area contributed by atoms with Gasteiger partial charge >= 0.3 is 0 Å². The quantitative estimate of drug-likeness (QED) is 0.425. The highest BCUT2D eigenvalue weighted by molar-refractivity contribution is 7.12. The molecule has 122 valence electrons. The van der Waals surface area contributed by atoms with E-state index in [1.165, 1.54) is 68.2 Å². The molecule has 2 heteroatoms. The van der Waals surface area contributed by atoms with Crippen LogP contribution in [-0.4, -0.2) is 5.11 Å². The Hall–Kier alpha value is -0.340. The van der Waals surface area contributed by atoms with Crippen molar-refractivity contribution < 1.29 is 5.11 Å². The number of unbranched alkanes of at least 4 members (excludes halogenated alkanes) is 9. The van der Waals surface area contributed by atoms with Crippen molar-refractivity contribution in [2.45, 2.75) is 97.5 Å². The molecular formula is C19H34OS. The third kappa shape index (κ3) is 8.01. The van der Waals surface area contributed by atoms with Gasteiger partial charge in [0.05, 0.1) is 6.10 Å². The maximum absolute atomic E-state index is 10.2. The molecule has 1 nitrogen and oxygen atoms in total. The molecule has 0 saturated carbocycles. The second-order valence-electron chi connectivity index (χ2n) is 6.37. The van der Waals surface area contributed by atoms with Crippen LogP contribution < -0.4 is 0 Å². The van der Waals surface area contributed by atoms with E-state index < -0.39 is 0 Å². The van der Waals surface area contributed by atoms with Crippen LogP contribution in [0.25, 0.3) is 0 Å². The first kappa shape index (κ1) is 18.7. The molecule has 0 aromatic carbocycles. The molecule has 0 radical (unpaired) electrons. The average Bonchev–Trinajstić information content (AvgIpc) is 2.80. The fourth-order valence-electron chi connectivity index (χ4n) is 2.73. The molecule has 0 fully saturated rings. The van der Waals surface area contributed by atoms with Gasteiger partial charge in [0.2, 0.25) is 0 Å². The van der Waals surface area contributed by atoms with E-state index in [9.17, 15) is 5.11 Å². The first-order valence-electron chi connectivity index (χ1n) is 8.90. The molecule has 1 unspecified atom stereocenters. The molecule has 0 aliphatic rings. The van der Waals surface area contributed by atoms with E-state index in [4.69, 9.17) is 0 Å². The summed E-state index contributed by atoms with van der Waals surface area (Å²) in [5.41, 5.74) is 1.32. The molecule has 0 aliphatic carbocycles. The lowest BCUT2D eigenvalue weighted by Crippen LogP contribution is -1.94. The second kappa shape index (κ2) is 11.3. The molecule has 0 aliphatic heterocycles. The third-order valence-corrected chi connectivity index (χ3v) is 5.60. The standard InChI is InChI=1S/C19H34OS/c1-4-5-6-7-8-9-10-11-12-13-14-18(20)19-15-16(2)17(3)21-19/h15,18,20H,4-14H2,1-3H3. The second-order valence-corrected chi connectivity index (χ2v) is 7.66. The minimum atomic E-state index is -0.239. The van der Waals surface area contributed by atoms with Crippen LogP contribution in [-0.2, 0) is 0 Å². The third-order valence-electron chi connectivity index (χ3n) is 4.34. The summed E-state index contributed by atoms with van der Waals surface area (Å²) in [6.45, 7) is 6.53. The van der Waals surface area contributed by atoms with Crippen molar-refractivity contribution >= 4 is 11.3 Å². The lowest BCUT2D eigenvalue weighted by Gasteiger charge is -2.08. The van der Waals surface area contributed by atoms with Crippen molar-refractivity contribution in [3.05, 3.63) is 21.4 Å². The van der Waals surface area contributed by atoms with Gasteiger partial charge in [0.1, 0.15) is 0 Å². The monoisotopic (exact) mass is 310 g/mol. The zero-order valence-electron chi connectivity index (χ0n) is 14.3. The highest BCUT2D eigenvalue weighted by Crippen LogP contribution is 2.29. The van der Waals surface area contributed by atoms with Gasteiger partial charge in [-0.15, -0.1) is 11.3 Å². The highest BCUT2D eigenvalue weighted by atomic mass is 32.1. The van der Waals surface area contributed by atoms with Gasteiger partial charge in [-0.25, -0.2) is 0 Å². The van der Waals surface area contributed by atoms with Crippen LogP contribution in [0.3, 0.4) is 0 Å². The smallest absolute Gasteiger partial charge is 0.0882 e. The maximum atomic E-state index is 10.2. The largest absolute Gasteiger partial charge is 0.388 e. The summed E-state index contributed by atoms with van der Waals surface area (Å²) in [7, 11) is 0. The molecule has 1 heterocycles. The molecule has 0 spiro atoms. The van der Waals surface area contributed by atoms with Crippen LogP contribution in [0.1, 0.15) is 99.0 Å². The summed E-state index contributed by atoms with van der Waals surface area (Å²) < 4.78 is 0. The Morgan fingerprint density at radius 2 is 1.43 bits per heavy atom. The average molecular weight is 311 g/mol. The zero-order chi connectivity index (χ0) is 15.5. The number of rotatable bonds is 12. The molecular weight excluding hydrogens is 276 g/mol. The fourth-order valence-corrected chi connectivity index (χ4v) is 3.80. The van der Waals surface area contributed by atoms with E-state index in [2.05, 4.69) is 26.8 Å². The fraction of sp³-hybridized carbons (Fsp3) is 0.789. The Bertz CT molecular complexity index is 350. The van der Waals surface area contributed by atoms with E-state index in [1.807, 2.05) is 0 Å². The van der Waals surface area contributed by atoms with Crippen molar-refractivity contribution in [3.8, 4) is 0 Å². The number of hydrogen-bond acceptors (Lipinski definition) is 2. The van der Waals surface area contributed by atoms with Crippen LogP contribution in [0.2, 0.25) is 0 Å². The molecule has 1 aromatic rings. The summed E-state index contributed by atoms with van der Waals surface area (Å²) in [6, 6.07) is 2.15. The van der Waals surface area contributed by atoms with Gasteiger partial charge < -0.3 is 5.11 Å².